The summed E-state index contributed by atoms with van der Waals surface area (Å²) in [6.07, 6.45) is 0. The molecule has 0 saturated heterocycles. The predicted octanol–water partition coefficient (Wildman–Crippen LogP) is 5.29. The molecule has 0 unspecified atom stereocenters. The molecule has 0 atom stereocenters. The molecule has 0 aliphatic heterocycles. The second-order valence-electron chi connectivity index (χ2n) is 6.23. The van der Waals surface area contributed by atoms with Crippen molar-refractivity contribution in [1.29, 1.82) is 0 Å². The van der Waals surface area contributed by atoms with Gasteiger partial charge in [0.25, 0.3) is 10.0 Å². The molecule has 0 amide bonds. The first-order valence-electron chi connectivity index (χ1n) is 8.84. The Hall–Kier alpha value is -3.16. The first-order chi connectivity index (χ1) is 14.1. The zero-order valence-corrected chi connectivity index (χ0v) is 17.2. The standard InChI is InChI=1S/C22H18N2O3S2/c1-27-18-13-11-17(12-14-18)20-15-28-22(23-20)24-29(25,26)21-10-6-5-9-19(21)16-7-3-2-4-8-16/h2-15H,1H3,(H,23,24). The number of aromatic nitrogens is 1. The summed E-state index contributed by atoms with van der Waals surface area (Å²) in [5.74, 6) is 0.752. The topological polar surface area (TPSA) is 68.3 Å². The third-order valence-corrected chi connectivity index (χ3v) is 6.66. The van der Waals surface area contributed by atoms with Crippen molar-refractivity contribution >= 4 is 26.5 Å². The molecule has 0 fully saturated rings. The van der Waals surface area contributed by atoms with Gasteiger partial charge in [0, 0.05) is 16.5 Å². The zero-order valence-electron chi connectivity index (χ0n) is 15.6. The molecule has 0 saturated carbocycles. The van der Waals surface area contributed by atoms with E-state index in [1.54, 1.807) is 25.3 Å². The molecule has 0 aliphatic rings. The normalized spacial score (nSPS) is 11.2. The summed E-state index contributed by atoms with van der Waals surface area (Å²) in [5.41, 5.74) is 3.07. The molecule has 146 valence electrons. The molecule has 3 aromatic carbocycles. The predicted molar refractivity (Wildman–Crippen MR) is 117 cm³/mol. The third-order valence-electron chi connectivity index (χ3n) is 4.37. The lowest BCUT2D eigenvalue weighted by atomic mass is 10.1. The van der Waals surface area contributed by atoms with Crippen LogP contribution < -0.4 is 9.46 Å². The average Bonchev–Trinajstić information content (AvgIpc) is 3.22. The SMILES string of the molecule is COc1ccc(-c2csc(NS(=O)(=O)c3ccccc3-c3ccccc3)n2)cc1. The van der Waals surface area contributed by atoms with E-state index in [1.165, 1.54) is 11.3 Å². The summed E-state index contributed by atoms with van der Waals surface area (Å²) < 4.78 is 33.9. The van der Waals surface area contributed by atoms with Crippen LogP contribution in [0.1, 0.15) is 0 Å². The Kier molecular flexibility index (Phi) is 5.33. The van der Waals surface area contributed by atoms with Crippen LogP contribution in [0.4, 0.5) is 5.13 Å². The Morgan fingerprint density at radius 2 is 1.55 bits per heavy atom. The second kappa shape index (κ2) is 8.06. The molecule has 0 spiro atoms. The molecule has 29 heavy (non-hydrogen) atoms. The fourth-order valence-corrected chi connectivity index (χ4v) is 5.15. The molecule has 1 N–H and O–H groups in total. The number of thiazole rings is 1. The van der Waals surface area contributed by atoms with Crippen molar-refractivity contribution in [2.75, 3.05) is 11.8 Å². The first-order valence-corrected chi connectivity index (χ1v) is 11.2. The molecular weight excluding hydrogens is 404 g/mol. The van der Waals surface area contributed by atoms with Crippen molar-refractivity contribution in [2.24, 2.45) is 0 Å². The van der Waals surface area contributed by atoms with Gasteiger partial charge in [-0.3, -0.25) is 4.72 Å². The minimum Gasteiger partial charge on any atom is -0.497 e. The fourth-order valence-electron chi connectivity index (χ4n) is 2.94. The summed E-state index contributed by atoms with van der Waals surface area (Å²) in [5, 5.41) is 2.14. The highest BCUT2D eigenvalue weighted by Crippen LogP contribution is 2.31. The van der Waals surface area contributed by atoms with Gasteiger partial charge >= 0.3 is 0 Å². The third kappa shape index (κ3) is 4.16. The highest BCUT2D eigenvalue weighted by molar-refractivity contribution is 7.93. The van der Waals surface area contributed by atoms with Gasteiger partial charge in [-0.05, 0) is 35.9 Å². The Labute approximate surface area is 173 Å². The minimum absolute atomic E-state index is 0.215. The number of nitrogens with one attached hydrogen (secondary N) is 1. The minimum atomic E-state index is -3.79. The zero-order chi connectivity index (χ0) is 20.3. The molecular formula is C22H18N2O3S2. The largest absolute Gasteiger partial charge is 0.497 e. The van der Waals surface area contributed by atoms with Gasteiger partial charge in [0.1, 0.15) is 5.75 Å². The van der Waals surface area contributed by atoms with Crippen molar-refractivity contribution in [1.82, 2.24) is 4.98 Å². The number of nitrogens with zero attached hydrogens (tertiary/aromatic N) is 1. The van der Waals surface area contributed by atoms with E-state index in [1.807, 2.05) is 66.0 Å². The van der Waals surface area contributed by atoms with E-state index >= 15 is 0 Å². The fraction of sp³-hybridized carbons (Fsp3) is 0.0455. The monoisotopic (exact) mass is 422 g/mol. The Balaban J connectivity index is 1.63. The van der Waals surface area contributed by atoms with Crippen LogP contribution in [0.2, 0.25) is 0 Å². The Morgan fingerprint density at radius 3 is 2.28 bits per heavy atom. The lowest BCUT2D eigenvalue weighted by molar-refractivity contribution is 0.415. The highest BCUT2D eigenvalue weighted by atomic mass is 32.2. The van der Waals surface area contributed by atoms with Crippen LogP contribution in [0, 0.1) is 0 Å². The molecule has 7 heteroatoms. The molecule has 5 nitrogen and oxygen atoms in total. The maximum atomic E-state index is 13.1. The van der Waals surface area contributed by atoms with E-state index < -0.39 is 10.0 Å². The maximum Gasteiger partial charge on any atom is 0.264 e. The summed E-state index contributed by atoms with van der Waals surface area (Å²) in [6, 6.07) is 23.8. The summed E-state index contributed by atoms with van der Waals surface area (Å²) in [4.78, 5) is 4.65. The van der Waals surface area contributed by atoms with Gasteiger partial charge < -0.3 is 4.74 Å². The molecule has 1 aromatic heterocycles. The van der Waals surface area contributed by atoms with Crippen molar-refractivity contribution < 1.29 is 13.2 Å². The molecule has 4 aromatic rings. The van der Waals surface area contributed by atoms with Crippen LogP contribution in [0.3, 0.4) is 0 Å². The molecule has 0 aliphatic carbocycles. The van der Waals surface area contributed by atoms with E-state index in [9.17, 15) is 8.42 Å². The van der Waals surface area contributed by atoms with Gasteiger partial charge in [-0.25, -0.2) is 13.4 Å². The summed E-state index contributed by atoms with van der Waals surface area (Å²) >= 11 is 1.24. The van der Waals surface area contributed by atoms with Crippen LogP contribution in [0.15, 0.2) is 89.1 Å². The second-order valence-corrected chi connectivity index (χ2v) is 8.74. The van der Waals surface area contributed by atoms with E-state index in [0.29, 0.717) is 16.4 Å². The summed E-state index contributed by atoms with van der Waals surface area (Å²) in [6.45, 7) is 0. The lowest BCUT2D eigenvalue weighted by Crippen LogP contribution is -2.13. The molecule has 0 radical (unpaired) electrons. The van der Waals surface area contributed by atoms with Gasteiger partial charge in [0.2, 0.25) is 0 Å². The number of hydrogen-bond donors (Lipinski definition) is 1. The van der Waals surface area contributed by atoms with Crippen LogP contribution in [0.5, 0.6) is 5.75 Å². The van der Waals surface area contributed by atoms with E-state index in [2.05, 4.69) is 9.71 Å². The number of ether oxygens (including phenoxy) is 1. The van der Waals surface area contributed by atoms with Gasteiger partial charge in [0.15, 0.2) is 5.13 Å². The number of sulfonamides is 1. The lowest BCUT2D eigenvalue weighted by Gasteiger charge is -2.11. The van der Waals surface area contributed by atoms with Crippen LogP contribution >= 0.6 is 11.3 Å². The number of methoxy groups -OCH3 is 1. The number of benzene rings is 3. The highest BCUT2D eigenvalue weighted by Gasteiger charge is 2.20. The van der Waals surface area contributed by atoms with Crippen LogP contribution in [-0.2, 0) is 10.0 Å². The van der Waals surface area contributed by atoms with Gasteiger partial charge in [0.05, 0.1) is 17.7 Å². The average molecular weight is 423 g/mol. The van der Waals surface area contributed by atoms with Crippen molar-refractivity contribution in [3.63, 3.8) is 0 Å². The van der Waals surface area contributed by atoms with Gasteiger partial charge in [-0.15, -0.1) is 11.3 Å². The Morgan fingerprint density at radius 1 is 0.862 bits per heavy atom. The molecule has 0 bridgehead atoms. The van der Waals surface area contributed by atoms with Crippen molar-refractivity contribution in [3.8, 4) is 28.1 Å². The maximum absolute atomic E-state index is 13.1. The van der Waals surface area contributed by atoms with Crippen LogP contribution in [-0.4, -0.2) is 20.5 Å². The smallest absolute Gasteiger partial charge is 0.264 e. The number of anilines is 1. The molecule has 4 rings (SSSR count). The van der Waals surface area contributed by atoms with Crippen LogP contribution in [0.25, 0.3) is 22.4 Å². The number of hydrogen-bond acceptors (Lipinski definition) is 5. The van der Waals surface area contributed by atoms with Gasteiger partial charge in [-0.2, -0.15) is 0 Å². The van der Waals surface area contributed by atoms with E-state index in [0.717, 1.165) is 16.9 Å². The number of rotatable bonds is 6. The van der Waals surface area contributed by atoms with E-state index in [-0.39, 0.29) is 4.90 Å². The Bertz CT molecular complexity index is 1220. The van der Waals surface area contributed by atoms with Crippen molar-refractivity contribution in [2.45, 2.75) is 4.90 Å². The quantitative estimate of drug-likeness (QED) is 0.459. The first kappa shape index (κ1) is 19.2. The summed E-state index contributed by atoms with van der Waals surface area (Å²) in [7, 11) is -2.18. The van der Waals surface area contributed by atoms with Crippen molar-refractivity contribution in [3.05, 3.63) is 84.2 Å². The molecule has 1 heterocycles. The van der Waals surface area contributed by atoms with E-state index in [4.69, 9.17) is 4.74 Å². The van der Waals surface area contributed by atoms with Gasteiger partial charge in [-0.1, -0.05) is 48.5 Å².